The Kier molecular flexibility index (Phi) is 2.54. The minimum absolute atomic E-state index is 0.417. The summed E-state index contributed by atoms with van der Waals surface area (Å²) in [5.74, 6) is 0.792. The van der Waals surface area contributed by atoms with Crippen LogP contribution >= 0.6 is 0 Å². The monoisotopic (exact) mass is 182 g/mol. The third-order valence-corrected chi connectivity index (χ3v) is 3.16. The van der Waals surface area contributed by atoms with Gasteiger partial charge in [-0.05, 0) is 19.3 Å². The zero-order valence-electron chi connectivity index (χ0n) is 8.25. The number of fused-ring (bicyclic) bond motifs is 1. The summed E-state index contributed by atoms with van der Waals surface area (Å²) in [6, 6.07) is 0.515. The van der Waals surface area contributed by atoms with Crippen LogP contribution in [-0.4, -0.2) is 36.0 Å². The van der Waals surface area contributed by atoms with Crippen molar-refractivity contribution in [3.63, 3.8) is 0 Å². The van der Waals surface area contributed by atoms with E-state index >= 15 is 0 Å². The Labute approximate surface area is 79.6 Å². The van der Waals surface area contributed by atoms with E-state index in [-0.39, 0.29) is 0 Å². The van der Waals surface area contributed by atoms with Crippen LogP contribution in [0.25, 0.3) is 0 Å². The smallest absolute Gasteiger partial charge is 0.0959 e. The van der Waals surface area contributed by atoms with Crippen molar-refractivity contribution in [3.05, 3.63) is 0 Å². The van der Waals surface area contributed by atoms with Gasteiger partial charge in [-0.3, -0.25) is 5.41 Å². The van der Waals surface area contributed by atoms with E-state index in [0.717, 1.165) is 25.4 Å². The van der Waals surface area contributed by atoms with Gasteiger partial charge in [0.05, 0.1) is 24.6 Å². The highest BCUT2D eigenvalue weighted by molar-refractivity contribution is 5.79. The lowest BCUT2D eigenvalue weighted by Crippen LogP contribution is -2.50. The Balaban J connectivity index is 2.05. The second kappa shape index (κ2) is 3.66. The SMILES string of the molecule is CCC(=N)N1CCOC2CCCC21. The fraction of sp³-hybridized carbons (Fsp3) is 0.900. The summed E-state index contributed by atoms with van der Waals surface area (Å²) in [5.41, 5.74) is 0. The van der Waals surface area contributed by atoms with Crippen LogP contribution in [0.15, 0.2) is 0 Å². The van der Waals surface area contributed by atoms with Crippen LogP contribution in [0.2, 0.25) is 0 Å². The van der Waals surface area contributed by atoms with Crippen LogP contribution in [0.5, 0.6) is 0 Å². The van der Waals surface area contributed by atoms with E-state index in [9.17, 15) is 0 Å². The number of hydrogen-bond acceptors (Lipinski definition) is 2. The lowest BCUT2D eigenvalue weighted by molar-refractivity contribution is -0.0302. The molecule has 1 heterocycles. The summed E-state index contributed by atoms with van der Waals surface area (Å²) in [7, 11) is 0. The average molecular weight is 182 g/mol. The van der Waals surface area contributed by atoms with Gasteiger partial charge in [0.1, 0.15) is 0 Å². The molecule has 13 heavy (non-hydrogen) atoms. The van der Waals surface area contributed by atoms with Gasteiger partial charge in [0.2, 0.25) is 0 Å². The second-order valence-electron chi connectivity index (χ2n) is 3.90. The molecule has 3 heteroatoms. The summed E-state index contributed by atoms with van der Waals surface area (Å²) < 4.78 is 5.69. The van der Waals surface area contributed by atoms with Gasteiger partial charge in [0.25, 0.3) is 0 Å². The molecule has 2 rings (SSSR count). The van der Waals surface area contributed by atoms with Crippen LogP contribution in [-0.2, 0) is 4.74 Å². The third-order valence-electron chi connectivity index (χ3n) is 3.16. The van der Waals surface area contributed by atoms with E-state index in [1.165, 1.54) is 19.3 Å². The Bertz CT molecular complexity index is 205. The predicted molar refractivity (Wildman–Crippen MR) is 52.1 cm³/mol. The molecule has 0 aromatic carbocycles. The van der Waals surface area contributed by atoms with E-state index in [0.29, 0.717) is 12.1 Å². The first kappa shape index (κ1) is 9.00. The largest absolute Gasteiger partial charge is 0.374 e. The molecule has 1 aliphatic carbocycles. The van der Waals surface area contributed by atoms with Crippen LogP contribution in [0, 0.1) is 5.41 Å². The molecule has 1 aliphatic heterocycles. The molecule has 0 aromatic heterocycles. The highest BCUT2D eigenvalue weighted by Gasteiger charge is 2.36. The molecule has 1 N–H and O–H groups in total. The van der Waals surface area contributed by atoms with Gasteiger partial charge in [-0.2, -0.15) is 0 Å². The molecule has 3 nitrogen and oxygen atoms in total. The number of morpholine rings is 1. The number of rotatable bonds is 1. The number of hydrogen-bond donors (Lipinski definition) is 1. The van der Waals surface area contributed by atoms with Gasteiger partial charge < -0.3 is 9.64 Å². The summed E-state index contributed by atoms with van der Waals surface area (Å²) in [4.78, 5) is 2.25. The van der Waals surface area contributed by atoms with Crippen LogP contribution < -0.4 is 0 Å². The molecule has 0 spiro atoms. The van der Waals surface area contributed by atoms with Crippen molar-refractivity contribution in [3.8, 4) is 0 Å². The number of ether oxygens (including phenoxy) is 1. The molecular formula is C10H18N2O. The standard InChI is InChI=1S/C10H18N2O/c1-2-10(11)12-6-7-13-9-5-3-4-8(9)12/h8-9,11H,2-7H2,1H3. The molecule has 0 aromatic rings. The van der Waals surface area contributed by atoms with Gasteiger partial charge in [-0.1, -0.05) is 6.92 Å². The Morgan fingerprint density at radius 1 is 1.54 bits per heavy atom. The van der Waals surface area contributed by atoms with Crippen molar-refractivity contribution in [1.82, 2.24) is 4.90 Å². The minimum atomic E-state index is 0.417. The topological polar surface area (TPSA) is 36.3 Å². The lowest BCUT2D eigenvalue weighted by Gasteiger charge is -2.39. The maximum Gasteiger partial charge on any atom is 0.0959 e. The van der Waals surface area contributed by atoms with Gasteiger partial charge in [0.15, 0.2) is 0 Å². The fourth-order valence-electron chi connectivity index (χ4n) is 2.46. The molecule has 2 unspecified atom stereocenters. The molecule has 1 saturated heterocycles. The Morgan fingerprint density at radius 2 is 2.38 bits per heavy atom. The molecule has 0 bridgehead atoms. The van der Waals surface area contributed by atoms with E-state index in [2.05, 4.69) is 11.8 Å². The molecule has 1 saturated carbocycles. The van der Waals surface area contributed by atoms with Gasteiger partial charge >= 0.3 is 0 Å². The van der Waals surface area contributed by atoms with Crippen LogP contribution in [0.4, 0.5) is 0 Å². The zero-order chi connectivity index (χ0) is 9.26. The van der Waals surface area contributed by atoms with Crippen LogP contribution in [0.3, 0.4) is 0 Å². The highest BCUT2D eigenvalue weighted by atomic mass is 16.5. The summed E-state index contributed by atoms with van der Waals surface area (Å²) in [5, 5.41) is 7.85. The van der Waals surface area contributed by atoms with Crippen molar-refractivity contribution in [2.45, 2.75) is 44.8 Å². The van der Waals surface area contributed by atoms with E-state index in [4.69, 9.17) is 10.1 Å². The van der Waals surface area contributed by atoms with Gasteiger partial charge in [0, 0.05) is 13.0 Å². The molecule has 2 aliphatic rings. The minimum Gasteiger partial charge on any atom is -0.374 e. The first-order chi connectivity index (χ1) is 6.33. The van der Waals surface area contributed by atoms with Crippen molar-refractivity contribution in [2.75, 3.05) is 13.2 Å². The molecule has 2 fully saturated rings. The molecule has 0 amide bonds. The first-order valence-corrected chi connectivity index (χ1v) is 5.28. The van der Waals surface area contributed by atoms with E-state index in [1.54, 1.807) is 0 Å². The quantitative estimate of drug-likeness (QED) is 0.494. The molecular weight excluding hydrogens is 164 g/mol. The van der Waals surface area contributed by atoms with Crippen molar-refractivity contribution in [2.24, 2.45) is 0 Å². The summed E-state index contributed by atoms with van der Waals surface area (Å²) in [6.07, 6.45) is 4.94. The second-order valence-corrected chi connectivity index (χ2v) is 3.90. The van der Waals surface area contributed by atoms with E-state index < -0.39 is 0 Å². The number of nitrogens with one attached hydrogen (secondary N) is 1. The maximum absolute atomic E-state index is 7.85. The average Bonchev–Trinajstić information content (AvgIpc) is 2.63. The van der Waals surface area contributed by atoms with E-state index in [1.807, 2.05) is 0 Å². The van der Waals surface area contributed by atoms with Crippen molar-refractivity contribution in [1.29, 1.82) is 5.41 Å². The lowest BCUT2D eigenvalue weighted by atomic mass is 10.1. The summed E-state index contributed by atoms with van der Waals surface area (Å²) >= 11 is 0. The highest BCUT2D eigenvalue weighted by Crippen LogP contribution is 2.29. The molecule has 74 valence electrons. The van der Waals surface area contributed by atoms with Crippen molar-refractivity contribution < 1.29 is 4.74 Å². The van der Waals surface area contributed by atoms with Gasteiger partial charge in [-0.25, -0.2) is 0 Å². The number of amidine groups is 1. The number of nitrogens with zero attached hydrogens (tertiary/aromatic N) is 1. The molecule has 2 atom stereocenters. The fourth-order valence-corrected chi connectivity index (χ4v) is 2.46. The van der Waals surface area contributed by atoms with Gasteiger partial charge in [-0.15, -0.1) is 0 Å². The normalized spacial score (nSPS) is 33.2. The van der Waals surface area contributed by atoms with Crippen molar-refractivity contribution >= 4 is 5.84 Å². The maximum atomic E-state index is 7.85. The third kappa shape index (κ3) is 1.57. The Morgan fingerprint density at radius 3 is 3.15 bits per heavy atom. The zero-order valence-corrected chi connectivity index (χ0v) is 8.25. The first-order valence-electron chi connectivity index (χ1n) is 5.28. The van der Waals surface area contributed by atoms with Crippen LogP contribution in [0.1, 0.15) is 32.6 Å². The summed E-state index contributed by atoms with van der Waals surface area (Å²) in [6.45, 7) is 3.79. The predicted octanol–water partition coefficient (Wildman–Crippen LogP) is 1.63. The molecule has 0 radical (unpaired) electrons. The Hall–Kier alpha value is -0.570.